The molecule has 0 saturated carbocycles. The van der Waals surface area contributed by atoms with Gasteiger partial charge in [-0.1, -0.05) is 0 Å². The van der Waals surface area contributed by atoms with E-state index in [-0.39, 0.29) is 5.92 Å². The van der Waals surface area contributed by atoms with E-state index in [0.717, 1.165) is 25.1 Å². The summed E-state index contributed by atoms with van der Waals surface area (Å²) in [5, 5.41) is 3.26. The molecule has 0 aromatic heterocycles. The highest BCUT2D eigenvalue weighted by Gasteiger charge is 2.27. The van der Waals surface area contributed by atoms with Crippen molar-refractivity contribution >= 4 is 9.84 Å². The smallest absolute Gasteiger partial charge is 0.175 e. The second-order valence-corrected chi connectivity index (χ2v) is 6.98. The number of rotatable bonds is 2. The van der Waals surface area contributed by atoms with Crippen LogP contribution in [0.1, 0.15) is 17.9 Å². The van der Waals surface area contributed by atoms with Crippen LogP contribution in [-0.2, 0) is 9.84 Å². The van der Waals surface area contributed by atoms with Crippen LogP contribution in [0.5, 0.6) is 11.5 Å². The molecule has 2 heterocycles. The molecule has 19 heavy (non-hydrogen) atoms. The zero-order chi connectivity index (χ0) is 13.5. The summed E-state index contributed by atoms with van der Waals surface area (Å²) in [6.07, 6.45) is 2.19. The van der Waals surface area contributed by atoms with Crippen LogP contribution in [0.4, 0.5) is 0 Å². The van der Waals surface area contributed by atoms with Gasteiger partial charge in [0, 0.05) is 18.9 Å². The molecule has 0 spiro atoms. The van der Waals surface area contributed by atoms with Gasteiger partial charge in [0.1, 0.15) is 13.2 Å². The summed E-state index contributed by atoms with van der Waals surface area (Å²) in [4.78, 5) is 0.366. The minimum atomic E-state index is -3.27. The quantitative estimate of drug-likeness (QED) is 0.875. The highest BCUT2D eigenvalue weighted by atomic mass is 32.2. The van der Waals surface area contributed by atoms with Gasteiger partial charge in [0.25, 0.3) is 0 Å². The second-order valence-electron chi connectivity index (χ2n) is 5.00. The zero-order valence-electron chi connectivity index (χ0n) is 10.8. The summed E-state index contributed by atoms with van der Waals surface area (Å²) in [5.74, 6) is 1.41. The van der Waals surface area contributed by atoms with E-state index in [1.807, 2.05) is 6.07 Å². The highest BCUT2D eigenvalue weighted by Crippen LogP contribution is 2.39. The van der Waals surface area contributed by atoms with Crippen molar-refractivity contribution in [3.8, 4) is 11.5 Å². The van der Waals surface area contributed by atoms with Crippen molar-refractivity contribution in [3.63, 3.8) is 0 Å². The molecule has 104 valence electrons. The van der Waals surface area contributed by atoms with Crippen molar-refractivity contribution in [2.45, 2.75) is 17.2 Å². The molecule has 5 nitrogen and oxygen atoms in total. The number of hydrogen-bond donors (Lipinski definition) is 1. The van der Waals surface area contributed by atoms with Crippen molar-refractivity contribution in [1.29, 1.82) is 0 Å². The van der Waals surface area contributed by atoms with Crippen LogP contribution in [0.25, 0.3) is 0 Å². The minimum absolute atomic E-state index is 0.223. The standard InChI is InChI=1S/C13H17NO4S/c1-19(15,16)13-7-12-11(17-4-5-18-12)6-10(13)9-2-3-14-8-9/h6-7,9,14H,2-5,8H2,1H3. The Morgan fingerprint density at radius 2 is 1.89 bits per heavy atom. The van der Waals surface area contributed by atoms with Crippen LogP contribution in [0.3, 0.4) is 0 Å². The average molecular weight is 283 g/mol. The number of fused-ring (bicyclic) bond motifs is 1. The monoisotopic (exact) mass is 283 g/mol. The molecule has 3 rings (SSSR count). The normalized spacial score (nSPS) is 22.5. The molecule has 0 aliphatic carbocycles. The van der Waals surface area contributed by atoms with Gasteiger partial charge in [-0.2, -0.15) is 0 Å². The maximum absolute atomic E-state index is 12.0. The molecule has 1 unspecified atom stereocenters. The Labute approximate surface area is 112 Å². The van der Waals surface area contributed by atoms with Crippen molar-refractivity contribution < 1.29 is 17.9 Å². The van der Waals surface area contributed by atoms with Gasteiger partial charge >= 0.3 is 0 Å². The number of benzene rings is 1. The average Bonchev–Trinajstić information content (AvgIpc) is 2.90. The molecule has 1 atom stereocenters. The summed E-state index contributed by atoms with van der Waals surface area (Å²) >= 11 is 0. The first-order chi connectivity index (χ1) is 9.05. The van der Waals surface area contributed by atoms with E-state index < -0.39 is 9.84 Å². The fraction of sp³-hybridized carbons (Fsp3) is 0.538. The van der Waals surface area contributed by atoms with E-state index in [1.54, 1.807) is 6.07 Å². The van der Waals surface area contributed by atoms with Gasteiger partial charge in [-0.15, -0.1) is 0 Å². The third-order valence-corrected chi connectivity index (χ3v) is 4.73. The summed E-state index contributed by atoms with van der Waals surface area (Å²) < 4.78 is 35.0. The highest BCUT2D eigenvalue weighted by molar-refractivity contribution is 7.90. The van der Waals surface area contributed by atoms with Crippen LogP contribution in [0.15, 0.2) is 17.0 Å². The SMILES string of the molecule is CS(=O)(=O)c1cc2c(cc1C1CCNC1)OCCO2. The topological polar surface area (TPSA) is 64.6 Å². The lowest BCUT2D eigenvalue weighted by atomic mass is 9.98. The van der Waals surface area contributed by atoms with E-state index in [1.165, 1.54) is 6.26 Å². The molecule has 1 fully saturated rings. The second kappa shape index (κ2) is 4.68. The summed E-state index contributed by atoms with van der Waals surface area (Å²) in [6.45, 7) is 2.69. The van der Waals surface area contributed by atoms with E-state index in [4.69, 9.17) is 9.47 Å². The van der Waals surface area contributed by atoms with Crippen LogP contribution in [0, 0.1) is 0 Å². The maximum Gasteiger partial charge on any atom is 0.175 e. The lowest BCUT2D eigenvalue weighted by Crippen LogP contribution is -2.18. The Morgan fingerprint density at radius 1 is 1.21 bits per heavy atom. The summed E-state index contributed by atoms with van der Waals surface area (Å²) in [7, 11) is -3.27. The molecule has 1 aromatic carbocycles. The molecular formula is C13H17NO4S. The van der Waals surface area contributed by atoms with E-state index in [9.17, 15) is 8.42 Å². The van der Waals surface area contributed by atoms with Crippen molar-refractivity contribution in [3.05, 3.63) is 17.7 Å². The third kappa shape index (κ3) is 2.42. The fourth-order valence-electron chi connectivity index (χ4n) is 2.65. The van der Waals surface area contributed by atoms with E-state index >= 15 is 0 Å². The Morgan fingerprint density at radius 3 is 2.47 bits per heavy atom. The molecule has 2 aliphatic heterocycles. The first-order valence-corrected chi connectivity index (χ1v) is 8.29. The molecule has 1 N–H and O–H groups in total. The van der Waals surface area contributed by atoms with Gasteiger partial charge in [-0.3, -0.25) is 0 Å². The number of sulfone groups is 1. The van der Waals surface area contributed by atoms with Crippen molar-refractivity contribution in [2.75, 3.05) is 32.6 Å². The van der Waals surface area contributed by atoms with Crippen LogP contribution in [0.2, 0.25) is 0 Å². The molecule has 6 heteroatoms. The first kappa shape index (κ1) is 12.7. The lowest BCUT2D eigenvalue weighted by molar-refractivity contribution is 0.170. The van der Waals surface area contributed by atoms with E-state index in [0.29, 0.717) is 29.6 Å². The number of hydrogen-bond acceptors (Lipinski definition) is 5. The molecule has 1 aromatic rings. The lowest BCUT2D eigenvalue weighted by Gasteiger charge is -2.22. The summed E-state index contributed by atoms with van der Waals surface area (Å²) in [5.41, 5.74) is 0.844. The van der Waals surface area contributed by atoms with Gasteiger partial charge in [0.15, 0.2) is 21.3 Å². The van der Waals surface area contributed by atoms with E-state index in [2.05, 4.69) is 5.32 Å². The van der Waals surface area contributed by atoms with Gasteiger partial charge in [-0.05, 0) is 30.5 Å². The van der Waals surface area contributed by atoms with Gasteiger partial charge in [-0.25, -0.2) is 8.42 Å². The van der Waals surface area contributed by atoms with Gasteiger partial charge in [0.05, 0.1) is 4.90 Å². The molecule has 1 saturated heterocycles. The predicted octanol–water partition coefficient (Wildman–Crippen LogP) is 0.938. The molecule has 0 amide bonds. The first-order valence-electron chi connectivity index (χ1n) is 6.40. The largest absolute Gasteiger partial charge is 0.486 e. The Kier molecular flexibility index (Phi) is 3.14. The Balaban J connectivity index is 2.14. The molecular weight excluding hydrogens is 266 g/mol. The van der Waals surface area contributed by atoms with Crippen LogP contribution >= 0.6 is 0 Å². The van der Waals surface area contributed by atoms with Crippen molar-refractivity contribution in [1.82, 2.24) is 5.32 Å². The summed E-state index contributed by atoms with van der Waals surface area (Å²) in [6, 6.07) is 3.44. The molecule has 0 radical (unpaired) electrons. The molecule has 0 bridgehead atoms. The number of nitrogens with one attached hydrogen (secondary N) is 1. The van der Waals surface area contributed by atoms with Crippen LogP contribution in [-0.4, -0.2) is 41.0 Å². The predicted molar refractivity (Wildman–Crippen MR) is 70.8 cm³/mol. The number of ether oxygens (including phenoxy) is 2. The van der Waals surface area contributed by atoms with Gasteiger partial charge in [0.2, 0.25) is 0 Å². The zero-order valence-corrected chi connectivity index (χ0v) is 11.6. The van der Waals surface area contributed by atoms with Crippen molar-refractivity contribution in [2.24, 2.45) is 0 Å². The third-order valence-electron chi connectivity index (χ3n) is 3.57. The van der Waals surface area contributed by atoms with Gasteiger partial charge < -0.3 is 14.8 Å². The minimum Gasteiger partial charge on any atom is -0.486 e. The maximum atomic E-state index is 12.0. The Bertz CT molecular complexity index is 591. The fourth-order valence-corrected chi connectivity index (χ4v) is 3.62. The molecule has 2 aliphatic rings. The van der Waals surface area contributed by atoms with Crippen LogP contribution < -0.4 is 14.8 Å². The Hall–Kier alpha value is -1.27.